The Morgan fingerprint density at radius 2 is 2.26 bits per heavy atom. The lowest BCUT2D eigenvalue weighted by Gasteiger charge is -2.07. The molecule has 0 radical (unpaired) electrons. The van der Waals surface area contributed by atoms with E-state index in [-0.39, 0.29) is 5.56 Å². The van der Waals surface area contributed by atoms with E-state index in [0.29, 0.717) is 17.4 Å². The summed E-state index contributed by atoms with van der Waals surface area (Å²) in [5, 5.41) is 12.4. The highest BCUT2D eigenvalue weighted by Crippen LogP contribution is 2.28. The van der Waals surface area contributed by atoms with Crippen molar-refractivity contribution in [2.24, 2.45) is 0 Å². The van der Waals surface area contributed by atoms with Gasteiger partial charge in [-0.15, -0.1) is 10.2 Å². The maximum atomic E-state index is 12.0. The van der Waals surface area contributed by atoms with E-state index in [1.807, 2.05) is 18.2 Å². The zero-order valence-corrected chi connectivity index (χ0v) is 14.5. The molecule has 8 heteroatoms. The van der Waals surface area contributed by atoms with Crippen molar-refractivity contribution in [2.45, 2.75) is 36.4 Å². The molecule has 0 spiro atoms. The van der Waals surface area contributed by atoms with Crippen molar-refractivity contribution < 1.29 is 0 Å². The third-order valence-electron chi connectivity index (χ3n) is 3.36. The molecule has 0 aliphatic heterocycles. The Bertz CT molecular complexity index is 860. The molecule has 0 aliphatic carbocycles. The average molecular weight is 347 g/mol. The zero-order valence-electron chi connectivity index (χ0n) is 12.9. The number of hydrogen-bond donors (Lipinski definition) is 1. The van der Waals surface area contributed by atoms with Gasteiger partial charge in [0.05, 0.1) is 5.69 Å². The summed E-state index contributed by atoms with van der Waals surface area (Å²) in [6, 6.07) is 7.46. The molecule has 23 heavy (non-hydrogen) atoms. The van der Waals surface area contributed by atoms with E-state index in [0.717, 1.165) is 21.6 Å². The number of nitrogens with zero attached hydrogens (tertiary/aromatic N) is 4. The Morgan fingerprint density at radius 1 is 1.39 bits per heavy atom. The summed E-state index contributed by atoms with van der Waals surface area (Å²) in [4.78, 5) is 16.6. The highest BCUT2D eigenvalue weighted by Gasteiger charge is 2.08. The summed E-state index contributed by atoms with van der Waals surface area (Å²) in [7, 11) is 0. The largest absolute Gasteiger partial charge is 0.358 e. The summed E-state index contributed by atoms with van der Waals surface area (Å²) in [5.74, 6) is 0.596. The molecule has 0 fully saturated rings. The smallest absolute Gasteiger partial charge is 0.258 e. The number of aromatic nitrogens is 4. The Labute approximate surface area is 142 Å². The van der Waals surface area contributed by atoms with E-state index in [2.05, 4.69) is 34.3 Å². The van der Waals surface area contributed by atoms with Crippen LogP contribution in [0.2, 0.25) is 0 Å². The number of hydrogen-bond acceptors (Lipinski definition) is 7. The molecule has 120 valence electrons. The van der Waals surface area contributed by atoms with Gasteiger partial charge in [-0.05, 0) is 25.5 Å². The van der Waals surface area contributed by atoms with Gasteiger partial charge in [0.25, 0.3) is 5.56 Å². The van der Waals surface area contributed by atoms with Crippen LogP contribution in [0, 0.1) is 0 Å². The van der Waals surface area contributed by atoms with Crippen molar-refractivity contribution in [1.82, 2.24) is 19.6 Å². The lowest BCUT2D eigenvalue weighted by Crippen LogP contribution is -2.14. The number of anilines is 1. The summed E-state index contributed by atoms with van der Waals surface area (Å²) in [6.07, 6.45) is 2.76. The van der Waals surface area contributed by atoms with Crippen LogP contribution in [0.4, 0.5) is 5.13 Å². The fourth-order valence-corrected chi connectivity index (χ4v) is 3.71. The van der Waals surface area contributed by atoms with E-state index in [1.165, 1.54) is 15.7 Å². The first-order chi connectivity index (χ1) is 11.2. The molecule has 3 heterocycles. The van der Waals surface area contributed by atoms with Gasteiger partial charge in [0.15, 0.2) is 4.34 Å². The third kappa shape index (κ3) is 3.89. The Morgan fingerprint density at radius 3 is 3.09 bits per heavy atom. The van der Waals surface area contributed by atoms with Gasteiger partial charge in [-0.1, -0.05) is 36.1 Å². The molecule has 0 aromatic carbocycles. The van der Waals surface area contributed by atoms with Crippen molar-refractivity contribution >= 4 is 33.9 Å². The van der Waals surface area contributed by atoms with Gasteiger partial charge in [0.2, 0.25) is 5.13 Å². The standard InChI is InChI=1S/C15H17N5OS2/c1-3-10(2)16-14-18-19-15(23-14)22-9-11-8-13(21)20-7-5-4-6-12(20)17-11/h4-8,10H,3,9H2,1-2H3,(H,16,18). The summed E-state index contributed by atoms with van der Waals surface area (Å²) >= 11 is 3.06. The first kappa shape index (κ1) is 15.9. The highest BCUT2D eigenvalue weighted by atomic mass is 32.2. The molecular formula is C15H17N5OS2. The second kappa shape index (κ2) is 7.10. The SMILES string of the molecule is CCC(C)Nc1nnc(SCc2cc(=O)n3ccccc3n2)s1. The van der Waals surface area contributed by atoms with Crippen LogP contribution < -0.4 is 10.9 Å². The summed E-state index contributed by atoms with van der Waals surface area (Å²) in [5.41, 5.74) is 1.34. The fourth-order valence-electron chi connectivity index (χ4n) is 1.95. The van der Waals surface area contributed by atoms with Crippen molar-refractivity contribution in [2.75, 3.05) is 5.32 Å². The zero-order chi connectivity index (χ0) is 16.2. The van der Waals surface area contributed by atoms with E-state index in [1.54, 1.807) is 24.0 Å². The Balaban J connectivity index is 1.70. The maximum Gasteiger partial charge on any atom is 0.258 e. The van der Waals surface area contributed by atoms with Crippen LogP contribution in [-0.2, 0) is 5.75 Å². The fraction of sp³-hybridized carbons (Fsp3) is 0.333. The molecule has 3 aromatic heterocycles. The van der Waals surface area contributed by atoms with Crippen LogP contribution in [-0.4, -0.2) is 25.6 Å². The quantitative estimate of drug-likeness (QED) is 0.691. The molecule has 3 aromatic rings. The number of thioether (sulfide) groups is 1. The summed E-state index contributed by atoms with van der Waals surface area (Å²) < 4.78 is 2.40. The molecule has 0 aliphatic rings. The first-order valence-corrected chi connectivity index (χ1v) is 9.16. The van der Waals surface area contributed by atoms with Crippen LogP contribution in [0.1, 0.15) is 26.0 Å². The van der Waals surface area contributed by atoms with Crippen molar-refractivity contribution in [1.29, 1.82) is 0 Å². The highest BCUT2D eigenvalue weighted by molar-refractivity contribution is 8.00. The third-order valence-corrected chi connectivity index (χ3v) is 5.38. The average Bonchev–Trinajstić information content (AvgIpc) is 3.00. The Kier molecular flexibility index (Phi) is 4.92. The van der Waals surface area contributed by atoms with Crippen LogP contribution in [0.5, 0.6) is 0 Å². The number of pyridine rings is 1. The van der Waals surface area contributed by atoms with Gasteiger partial charge < -0.3 is 5.32 Å². The second-order valence-corrected chi connectivity index (χ2v) is 7.33. The lowest BCUT2D eigenvalue weighted by molar-refractivity contribution is 0.759. The molecule has 1 N–H and O–H groups in total. The van der Waals surface area contributed by atoms with Gasteiger partial charge in [-0.25, -0.2) is 4.98 Å². The number of rotatable bonds is 6. The van der Waals surface area contributed by atoms with Gasteiger partial charge >= 0.3 is 0 Å². The van der Waals surface area contributed by atoms with Crippen LogP contribution in [0.25, 0.3) is 5.65 Å². The minimum Gasteiger partial charge on any atom is -0.358 e. The Hall–Kier alpha value is -1.93. The van der Waals surface area contributed by atoms with Crippen molar-refractivity contribution in [3.05, 3.63) is 46.5 Å². The lowest BCUT2D eigenvalue weighted by atomic mass is 10.3. The predicted octanol–water partition coefficient (Wildman–Crippen LogP) is 3.05. The molecule has 1 atom stereocenters. The minimum atomic E-state index is -0.0670. The molecule has 1 unspecified atom stereocenters. The number of fused-ring (bicyclic) bond motifs is 1. The van der Waals surface area contributed by atoms with E-state index in [9.17, 15) is 4.79 Å². The number of nitrogens with one attached hydrogen (secondary N) is 1. The molecule has 0 saturated carbocycles. The van der Waals surface area contributed by atoms with E-state index < -0.39 is 0 Å². The molecule has 0 bridgehead atoms. The molecule has 3 rings (SSSR count). The second-order valence-electron chi connectivity index (χ2n) is 5.13. The maximum absolute atomic E-state index is 12.0. The normalized spacial score (nSPS) is 12.4. The molecule has 0 amide bonds. The first-order valence-electron chi connectivity index (χ1n) is 7.36. The molecule has 0 saturated heterocycles. The van der Waals surface area contributed by atoms with Crippen LogP contribution >= 0.6 is 23.1 Å². The predicted molar refractivity (Wildman–Crippen MR) is 94.3 cm³/mol. The van der Waals surface area contributed by atoms with Gasteiger partial charge in [-0.2, -0.15) is 0 Å². The van der Waals surface area contributed by atoms with Gasteiger partial charge in [-0.3, -0.25) is 9.20 Å². The van der Waals surface area contributed by atoms with E-state index in [4.69, 9.17) is 0 Å². The van der Waals surface area contributed by atoms with Gasteiger partial charge in [0, 0.05) is 24.1 Å². The molecular weight excluding hydrogens is 330 g/mol. The summed E-state index contributed by atoms with van der Waals surface area (Å²) in [6.45, 7) is 4.24. The van der Waals surface area contributed by atoms with Crippen LogP contribution in [0.15, 0.2) is 39.6 Å². The minimum absolute atomic E-state index is 0.0670. The van der Waals surface area contributed by atoms with Crippen LogP contribution in [0.3, 0.4) is 0 Å². The monoisotopic (exact) mass is 347 g/mol. The van der Waals surface area contributed by atoms with Crippen molar-refractivity contribution in [3.8, 4) is 0 Å². The van der Waals surface area contributed by atoms with Gasteiger partial charge in [0.1, 0.15) is 5.65 Å². The topological polar surface area (TPSA) is 72.2 Å². The van der Waals surface area contributed by atoms with E-state index >= 15 is 0 Å². The molecule has 6 nitrogen and oxygen atoms in total. The van der Waals surface area contributed by atoms with Crippen molar-refractivity contribution in [3.63, 3.8) is 0 Å².